The molecule has 0 fully saturated rings. The maximum atomic E-state index is 14.9. The highest BCUT2D eigenvalue weighted by Crippen LogP contribution is 2.35. The van der Waals surface area contributed by atoms with Crippen LogP contribution in [0.4, 0.5) is 31.4 Å². The first-order valence-electron chi connectivity index (χ1n) is 31.0. The molecule has 0 spiro atoms. The number of nitrogens with two attached hydrogens (primary N) is 1. The number of hydrogen-bond donors (Lipinski definition) is 8. The van der Waals surface area contributed by atoms with E-state index in [2.05, 4.69) is 43.7 Å². The molecule has 9 N–H and O–H groups in total. The lowest BCUT2D eigenvalue weighted by Gasteiger charge is -2.42. The second-order valence-corrected chi connectivity index (χ2v) is 26.5. The van der Waals surface area contributed by atoms with E-state index in [0.29, 0.717) is 28.1 Å². The molecule has 0 unspecified atom stereocenters. The van der Waals surface area contributed by atoms with Gasteiger partial charge in [0.1, 0.15) is 36.4 Å². The van der Waals surface area contributed by atoms with Gasteiger partial charge in [0.25, 0.3) is 0 Å². The number of carboxylic acids is 1. The van der Waals surface area contributed by atoms with Crippen molar-refractivity contribution in [3.8, 4) is 11.8 Å². The molecule has 1 aliphatic rings. The number of benzene rings is 4. The first-order chi connectivity index (χ1) is 43.5. The maximum absolute atomic E-state index is 14.9. The predicted molar refractivity (Wildman–Crippen MR) is 355 cm³/mol. The zero-order valence-corrected chi connectivity index (χ0v) is 56.1. The third-order valence-corrected chi connectivity index (χ3v) is 15.7. The average molecular weight is 1280 g/mol. The van der Waals surface area contributed by atoms with Crippen molar-refractivity contribution < 1.29 is 62.5 Å². The number of carbonyl (C=O) groups excluding carboxylic acids is 9. The Morgan fingerprint density at radius 3 is 1.96 bits per heavy atom. The Labute approximate surface area is 545 Å². The van der Waals surface area contributed by atoms with Crippen LogP contribution in [0.15, 0.2) is 109 Å². The van der Waals surface area contributed by atoms with E-state index >= 15 is 0 Å². The third kappa shape index (κ3) is 21.4. The fourth-order valence-electron chi connectivity index (χ4n) is 10.5. The van der Waals surface area contributed by atoms with Gasteiger partial charge >= 0.3 is 24.2 Å². The number of carbonyl (C=O) groups is 10. The lowest BCUT2D eigenvalue weighted by molar-refractivity contribution is -0.142. The van der Waals surface area contributed by atoms with Gasteiger partial charge in [-0.05, 0) is 117 Å². The minimum absolute atomic E-state index is 0.0521. The molecule has 0 saturated heterocycles. The first kappa shape index (κ1) is 74.0. The topological polar surface area (TPSA) is 317 Å². The van der Waals surface area contributed by atoms with Crippen LogP contribution in [0.2, 0.25) is 0 Å². The summed E-state index contributed by atoms with van der Waals surface area (Å²) in [6.07, 6.45) is -0.242. The summed E-state index contributed by atoms with van der Waals surface area (Å²) in [6, 6.07) is 21.7. The number of aliphatic carboxylic acids is 1. The van der Waals surface area contributed by atoms with Gasteiger partial charge in [0.2, 0.25) is 35.4 Å². The quantitative estimate of drug-likeness (QED) is 0.0166. The van der Waals surface area contributed by atoms with E-state index in [1.54, 1.807) is 130 Å². The molecule has 23 heteroatoms. The fourth-order valence-corrected chi connectivity index (χ4v) is 10.5. The molecule has 10 amide bonds. The number of hydrogen-bond acceptors (Lipinski definition) is 12. The van der Waals surface area contributed by atoms with Gasteiger partial charge < -0.3 is 56.7 Å². The van der Waals surface area contributed by atoms with Crippen LogP contribution in [0.5, 0.6) is 0 Å². The molecular formula is C70H92N10O13. The highest BCUT2D eigenvalue weighted by Gasteiger charge is 2.46. The van der Waals surface area contributed by atoms with Gasteiger partial charge in [-0.3, -0.25) is 39.0 Å². The Hall–Kier alpha value is -9.72. The summed E-state index contributed by atoms with van der Waals surface area (Å²) >= 11 is 0. The van der Waals surface area contributed by atoms with Gasteiger partial charge in [0.15, 0.2) is 0 Å². The number of para-hydroxylation sites is 1. The fraction of sp³-hybridized carbons (Fsp3) is 0.457. The van der Waals surface area contributed by atoms with E-state index in [1.165, 1.54) is 29.8 Å². The zero-order valence-electron chi connectivity index (χ0n) is 56.1. The van der Waals surface area contributed by atoms with E-state index in [0.717, 1.165) is 11.1 Å². The standard InChI is InChI=1S/C70H92N10O13/c1-42(2)54(38-44(5)64(87)88)78(14)63(86)58(68(6,7)8)77-62(85)59(79(15)67(91)93-69(9,10)11)70(12,13)49-25-20-26-51(39-49)74-66(90)92-41-45-29-33-50(34-30-45)73-60(83)52(27-21-37-72-65(71)89)75-61(84)57(43(3)4)76-55(81)35-36-56(82)80-40-48-24-17-16-22-46(48)31-32-47-23-18-19-28-53(47)80/h16-20,22-26,28-30,33-34,38-39,42-43,52,54,57-59H,21,27,35-37,40-41H2,1-15H3,(H,73,83)(H,74,90)(H,75,84)(H,76,81)(H,77,85)(H,87,88)(H3,71,72,89)/b44-38+/t52-,54+,57-,58+,59+/m0/s1. The highest BCUT2D eigenvalue weighted by atomic mass is 16.6. The SMILES string of the molecule is C/C(=C\[C@H](C(C)C)N(C)C(=O)[C@@H](NC(=O)[C@@H](N(C)C(=O)OC(C)(C)C)C(C)(C)c1cccc(NC(=O)OCc2ccc(NC(=O)[C@H](CCCNC(N)=O)NC(=O)[C@@H](NC(=O)CCC(=O)N3Cc4ccccc4C#Cc4ccccc43)C(C)C)cc2)c1)C(C)(C)C)C(=O)O. The number of fused-ring (bicyclic) bond motifs is 2. The van der Waals surface area contributed by atoms with Gasteiger partial charge in [-0.1, -0.05) is 135 Å². The van der Waals surface area contributed by atoms with Crippen molar-refractivity contribution in [3.63, 3.8) is 0 Å². The van der Waals surface area contributed by atoms with Crippen molar-refractivity contribution in [3.05, 3.63) is 137 Å². The lowest BCUT2D eigenvalue weighted by atomic mass is 9.76. The second kappa shape index (κ2) is 32.5. The molecule has 0 radical (unpaired) electrons. The molecule has 0 aromatic heterocycles. The molecule has 5 rings (SSSR count). The van der Waals surface area contributed by atoms with Gasteiger partial charge in [-0.25, -0.2) is 19.2 Å². The molecule has 93 heavy (non-hydrogen) atoms. The summed E-state index contributed by atoms with van der Waals surface area (Å²) in [6.45, 7) is 22.6. The number of carboxylic acid groups (broad SMARTS) is 1. The number of primary amides is 1. The summed E-state index contributed by atoms with van der Waals surface area (Å²) in [5.74, 6) is 1.29. The largest absolute Gasteiger partial charge is 0.478 e. The van der Waals surface area contributed by atoms with Gasteiger partial charge in [0.05, 0.1) is 18.3 Å². The van der Waals surface area contributed by atoms with Gasteiger partial charge in [-0.15, -0.1) is 0 Å². The van der Waals surface area contributed by atoms with Crippen molar-refractivity contribution in [2.24, 2.45) is 23.0 Å². The molecule has 0 aliphatic carbocycles. The number of amides is 10. The number of nitrogens with one attached hydrogen (secondary N) is 6. The van der Waals surface area contributed by atoms with Gasteiger partial charge in [0, 0.05) is 67.0 Å². The number of ether oxygens (including phenoxy) is 2. The summed E-state index contributed by atoms with van der Waals surface area (Å²) in [4.78, 5) is 140. The number of rotatable bonds is 26. The normalized spacial score (nSPS) is 13.9. The number of nitrogens with zero attached hydrogens (tertiary/aromatic N) is 3. The molecule has 0 bridgehead atoms. The van der Waals surface area contributed by atoms with Crippen LogP contribution in [0.3, 0.4) is 0 Å². The molecule has 5 atom stereocenters. The number of likely N-dealkylation sites (N-methyl/N-ethyl adjacent to an activating group) is 2. The summed E-state index contributed by atoms with van der Waals surface area (Å²) in [5, 5.41) is 26.1. The van der Waals surface area contributed by atoms with Crippen molar-refractivity contribution in [2.75, 3.05) is 36.2 Å². The van der Waals surface area contributed by atoms with Crippen LogP contribution < -0.4 is 42.5 Å². The number of urea groups is 1. The Bertz CT molecular complexity index is 3480. The second-order valence-electron chi connectivity index (χ2n) is 26.5. The van der Waals surface area contributed by atoms with E-state index in [9.17, 15) is 53.1 Å². The van der Waals surface area contributed by atoms with Crippen LogP contribution in [-0.2, 0) is 61.6 Å². The minimum atomic E-state index is -1.32. The maximum Gasteiger partial charge on any atom is 0.411 e. The van der Waals surface area contributed by atoms with Crippen LogP contribution in [0, 0.1) is 29.1 Å². The summed E-state index contributed by atoms with van der Waals surface area (Å²) in [7, 11) is 2.98. The van der Waals surface area contributed by atoms with E-state index in [1.807, 2.05) is 62.4 Å². The molecule has 1 aliphatic heterocycles. The molecular weight excluding hydrogens is 1190 g/mol. The predicted octanol–water partition coefficient (Wildman–Crippen LogP) is 8.73. The van der Waals surface area contributed by atoms with E-state index in [4.69, 9.17) is 15.2 Å². The van der Waals surface area contributed by atoms with E-state index in [-0.39, 0.29) is 68.5 Å². The van der Waals surface area contributed by atoms with Crippen LogP contribution in [-0.4, -0.2) is 131 Å². The van der Waals surface area contributed by atoms with Crippen LogP contribution >= 0.6 is 0 Å². The average Bonchev–Trinajstić information content (AvgIpc) is 1.10. The van der Waals surface area contributed by atoms with Crippen molar-refractivity contribution in [1.82, 2.24) is 31.1 Å². The zero-order chi connectivity index (χ0) is 69.3. The highest BCUT2D eigenvalue weighted by molar-refractivity contribution is 6.00. The smallest absolute Gasteiger partial charge is 0.411 e. The lowest BCUT2D eigenvalue weighted by Crippen LogP contribution is -2.63. The third-order valence-electron chi connectivity index (χ3n) is 15.7. The molecule has 23 nitrogen and oxygen atoms in total. The Kier molecular flexibility index (Phi) is 25.9. The Balaban J connectivity index is 1.25. The molecule has 4 aromatic rings. The Morgan fingerprint density at radius 1 is 0.710 bits per heavy atom. The van der Waals surface area contributed by atoms with Crippen molar-refractivity contribution in [2.45, 2.75) is 170 Å². The summed E-state index contributed by atoms with van der Waals surface area (Å²) in [5.41, 5.74) is 6.85. The van der Waals surface area contributed by atoms with Crippen LogP contribution in [0.25, 0.3) is 0 Å². The monoisotopic (exact) mass is 1280 g/mol. The molecule has 500 valence electrons. The minimum Gasteiger partial charge on any atom is -0.478 e. The van der Waals surface area contributed by atoms with Gasteiger partial charge in [-0.2, -0.15) is 0 Å². The summed E-state index contributed by atoms with van der Waals surface area (Å²) < 4.78 is 11.3. The molecule has 1 heterocycles. The first-order valence-corrected chi connectivity index (χ1v) is 31.0. The van der Waals surface area contributed by atoms with Crippen molar-refractivity contribution in [1.29, 1.82) is 0 Å². The van der Waals surface area contributed by atoms with Crippen molar-refractivity contribution >= 4 is 76.7 Å². The molecule has 0 saturated carbocycles. The Morgan fingerprint density at radius 2 is 1.34 bits per heavy atom. The molecule has 4 aromatic carbocycles. The van der Waals surface area contributed by atoms with E-state index < -0.39 is 106 Å². The number of anilines is 3. The van der Waals surface area contributed by atoms with Crippen LogP contribution in [0.1, 0.15) is 144 Å².